The molecule has 0 aromatic heterocycles. The molecule has 5 N–H and O–H groups in total. The maximum Gasteiger partial charge on any atom is 0.319 e. The van der Waals surface area contributed by atoms with Gasteiger partial charge in [0.15, 0.2) is 12.1 Å². The lowest BCUT2D eigenvalue weighted by Crippen LogP contribution is -2.63. The first-order valence-corrected chi connectivity index (χ1v) is 17.8. The van der Waals surface area contributed by atoms with Crippen LogP contribution < -0.4 is 16.0 Å². The minimum absolute atomic E-state index is 0.0211. The number of likely N-dealkylation sites (N-methyl/N-ethyl adjacent to an activating group) is 1. The molecule has 0 aromatic rings. The zero-order valence-corrected chi connectivity index (χ0v) is 31.2. The van der Waals surface area contributed by atoms with Crippen molar-refractivity contribution in [1.82, 2.24) is 20.9 Å². The average Bonchev–Trinajstić information content (AvgIpc) is 3.01. The summed E-state index contributed by atoms with van der Waals surface area (Å²) in [6.45, 7) is 18.1. The highest BCUT2D eigenvalue weighted by molar-refractivity contribution is 6.04. The summed E-state index contributed by atoms with van der Waals surface area (Å²) in [4.78, 5) is 30.7. The molecule has 13 atom stereocenters. The molecule has 0 aliphatic carbocycles. The van der Waals surface area contributed by atoms with Gasteiger partial charge in [-0.2, -0.15) is 0 Å². The van der Waals surface area contributed by atoms with Crippen LogP contribution in [0.3, 0.4) is 0 Å². The van der Waals surface area contributed by atoms with Crippen molar-refractivity contribution in [3.63, 3.8) is 0 Å². The molecule has 4 heterocycles. The van der Waals surface area contributed by atoms with Crippen molar-refractivity contribution < 1.29 is 38.7 Å². The minimum atomic E-state index is -1.58. The number of rotatable bonds is 8. The number of Topliss-reactive ketones (excluding diaryl/α,β-unsaturated/α-hetero) is 1. The van der Waals surface area contributed by atoms with Crippen LogP contribution in [0.4, 0.5) is 0 Å². The molecular weight excluding hydrogens is 616 g/mol. The monoisotopic (exact) mass is 680 g/mol. The van der Waals surface area contributed by atoms with E-state index in [0.717, 1.165) is 0 Å². The predicted octanol–water partition coefficient (Wildman–Crippen LogP) is 1.81. The number of ether oxygens (including phenoxy) is 4. The first-order valence-electron chi connectivity index (χ1n) is 17.8. The summed E-state index contributed by atoms with van der Waals surface area (Å²) in [7, 11) is 3.84. The largest absolute Gasteiger partial charge is 0.458 e. The normalized spacial score (nSPS) is 43.6. The summed E-state index contributed by atoms with van der Waals surface area (Å²) in [5.41, 5.74) is -4.14. The molecule has 0 spiro atoms. The molecule has 4 rings (SSSR count). The zero-order chi connectivity index (χ0) is 36.2. The van der Waals surface area contributed by atoms with Gasteiger partial charge in [-0.05, 0) is 79.9 Å². The molecule has 2 unspecified atom stereocenters. The van der Waals surface area contributed by atoms with E-state index in [-0.39, 0.29) is 49.0 Å². The smallest absolute Gasteiger partial charge is 0.319 e. The van der Waals surface area contributed by atoms with Crippen LogP contribution in [0, 0.1) is 29.7 Å². The van der Waals surface area contributed by atoms with E-state index >= 15 is 0 Å². The Kier molecular flexibility index (Phi) is 13.9. The van der Waals surface area contributed by atoms with E-state index in [2.05, 4.69) is 42.8 Å². The van der Waals surface area contributed by atoms with Crippen LogP contribution in [-0.4, -0.2) is 127 Å². The number of carbonyl (C=O) groups is 2. The van der Waals surface area contributed by atoms with Gasteiger partial charge in [0.05, 0.1) is 23.9 Å². The first-order chi connectivity index (χ1) is 22.3. The van der Waals surface area contributed by atoms with Gasteiger partial charge in [-0.1, -0.05) is 41.0 Å². The number of esters is 1. The molecule has 12 nitrogen and oxygen atoms in total. The van der Waals surface area contributed by atoms with Gasteiger partial charge in [0.25, 0.3) is 0 Å². The Bertz CT molecular complexity index is 1130. The molecule has 276 valence electrons. The van der Waals surface area contributed by atoms with E-state index in [1.54, 1.807) is 20.8 Å². The molecule has 4 aliphatic heterocycles. The second kappa shape index (κ2) is 16.5. The highest BCUT2D eigenvalue weighted by Gasteiger charge is 2.56. The summed E-state index contributed by atoms with van der Waals surface area (Å²) in [5, 5.41) is 33.3. The van der Waals surface area contributed by atoms with Gasteiger partial charge in [0, 0.05) is 43.2 Å². The molecule has 0 saturated carbocycles. The van der Waals surface area contributed by atoms with Crippen molar-refractivity contribution in [3.8, 4) is 12.5 Å². The SMILES string of the molecule is C#CN[C@@H]1[C@@H](C)NC[C@H](C)C[C@]2(C)OCC[C@](C)(C(=O)O[C@H](CC)[C@@]1(C)O)C(=O)[C@H](C)[C@H]2O[C@@H]1O[C@H](CNC(C)C)CC(N(C)C)C1O. The molecular formula is C36H64N4O8. The number of carbonyl (C=O) groups excluding carboxylic acids is 2. The molecule has 0 amide bonds. The lowest BCUT2D eigenvalue weighted by atomic mass is 9.70. The average molecular weight is 681 g/mol. The van der Waals surface area contributed by atoms with Crippen LogP contribution in [0.2, 0.25) is 0 Å². The summed E-state index contributed by atoms with van der Waals surface area (Å²) in [6.07, 6.45) is 3.03. The van der Waals surface area contributed by atoms with Crippen molar-refractivity contribution in [2.45, 2.75) is 154 Å². The van der Waals surface area contributed by atoms with Crippen LogP contribution in [0.5, 0.6) is 0 Å². The van der Waals surface area contributed by atoms with Crippen molar-refractivity contribution in [2.75, 3.05) is 33.8 Å². The van der Waals surface area contributed by atoms with Crippen LogP contribution in [-0.2, 0) is 28.5 Å². The minimum Gasteiger partial charge on any atom is -0.458 e. The van der Waals surface area contributed by atoms with Crippen molar-refractivity contribution >= 4 is 11.8 Å². The molecule has 4 aliphatic rings. The standard InChI is InChI=1S/C36H64N4O8/c1-13-27-36(10,44)29(37-14-2)24(7)39-19-22(5)18-35(9)31(23(6)30(42)34(8,15-16-45-35)33(43)47-27)48-32-28(41)26(40(11)12)17-25(46-32)20-38-21(3)4/h2,21-29,31-32,37-39,41,44H,13,15-20H2,1,3-12H3/t22-,23+,24-,25+,26?,27-,28?,29-,31-,32+,34+,35+,36-/m1/s1. The van der Waals surface area contributed by atoms with Gasteiger partial charge in [0.2, 0.25) is 0 Å². The third kappa shape index (κ3) is 8.90. The van der Waals surface area contributed by atoms with Gasteiger partial charge in [-0.15, -0.1) is 0 Å². The summed E-state index contributed by atoms with van der Waals surface area (Å²) < 4.78 is 25.9. The fourth-order valence-corrected chi connectivity index (χ4v) is 7.90. The summed E-state index contributed by atoms with van der Waals surface area (Å²) in [5.74, 6) is -1.90. The topological polar surface area (TPSA) is 151 Å². The molecule has 48 heavy (non-hydrogen) atoms. The molecule has 0 radical (unpaired) electrons. The molecule has 2 bridgehead atoms. The fraction of sp³-hybridized carbons (Fsp3) is 0.889. The number of terminal acetylenes is 1. The number of hydrogen-bond donors (Lipinski definition) is 5. The van der Waals surface area contributed by atoms with Crippen molar-refractivity contribution in [3.05, 3.63) is 0 Å². The van der Waals surface area contributed by atoms with E-state index in [4.69, 9.17) is 25.4 Å². The van der Waals surface area contributed by atoms with E-state index in [1.807, 2.05) is 39.8 Å². The Morgan fingerprint density at radius 2 is 1.85 bits per heavy atom. The van der Waals surface area contributed by atoms with E-state index < -0.39 is 59.1 Å². The number of hydrogen-bond acceptors (Lipinski definition) is 12. The van der Waals surface area contributed by atoms with Gasteiger partial charge < -0.3 is 50.0 Å². The van der Waals surface area contributed by atoms with Crippen LogP contribution >= 0.6 is 0 Å². The van der Waals surface area contributed by atoms with Crippen LogP contribution in [0.1, 0.15) is 88.0 Å². The van der Waals surface area contributed by atoms with Crippen LogP contribution in [0.15, 0.2) is 0 Å². The highest BCUT2D eigenvalue weighted by atomic mass is 16.7. The van der Waals surface area contributed by atoms with Crippen molar-refractivity contribution in [1.29, 1.82) is 0 Å². The molecule has 0 aromatic carbocycles. The third-order valence-corrected chi connectivity index (χ3v) is 10.9. The quantitative estimate of drug-likeness (QED) is 0.110. The Morgan fingerprint density at radius 1 is 1.19 bits per heavy atom. The van der Waals surface area contributed by atoms with Crippen molar-refractivity contribution in [2.24, 2.45) is 17.3 Å². The maximum absolute atomic E-state index is 14.6. The Balaban J connectivity index is 2.09. The van der Waals surface area contributed by atoms with E-state index in [1.165, 1.54) is 0 Å². The second-order valence-corrected chi connectivity index (χ2v) is 15.7. The highest BCUT2D eigenvalue weighted by Crippen LogP contribution is 2.42. The van der Waals surface area contributed by atoms with Gasteiger partial charge in [0.1, 0.15) is 23.2 Å². The number of fused-ring (bicyclic) bond motifs is 13. The Hall–Kier alpha value is -1.82. The maximum atomic E-state index is 14.6. The molecule has 12 heteroatoms. The molecule has 4 saturated heterocycles. The number of nitrogens with one attached hydrogen (secondary N) is 3. The second-order valence-electron chi connectivity index (χ2n) is 15.7. The number of ketones is 1. The van der Waals surface area contributed by atoms with E-state index in [0.29, 0.717) is 32.4 Å². The number of aliphatic hydroxyl groups excluding tert-OH is 1. The van der Waals surface area contributed by atoms with Gasteiger partial charge in [-0.25, -0.2) is 0 Å². The Morgan fingerprint density at radius 3 is 2.44 bits per heavy atom. The fourth-order valence-electron chi connectivity index (χ4n) is 7.90. The number of aliphatic hydroxyl groups is 2. The van der Waals surface area contributed by atoms with Crippen LogP contribution in [0.25, 0.3) is 0 Å². The Labute approximate surface area is 288 Å². The van der Waals surface area contributed by atoms with Gasteiger partial charge in [-0.3, -0.25) is 9.59 Å². The summed E-state index contributed by atoms with van der Waals surface area (Å²) >= 11 is 0. The lowest BCUT2D eigenvalue weighted by molar-refractivity contribution is -0.301. The van der Waals surface area contributed by atoms with Gasteiger partial charge >= 0.3 is 5.97 Å². The summed E-state index contributed by atoms with van der Waals surface area (Å²) in [6, 6.07) is 1.46. The molecule has 4 fully saturated rings. The zero-order valence-electron chi connectivity index (χ0n) is 31.2. The third-order valence-electron chi connectivity index (χ3n) is 10.9. The van der Waals surface area contributed by atoms with E-state index in [9.17, 15) is 19.8 Å². The lowest BCUT2D eigenvalue weighted by Gasteiger charge is -2.49. The predicted molar refractivity (Wildman–Crippen MR) is 184 cm³/mol. The first kappa shape index (κ1) is 40.6. The number of nitrogens with zero attached hydrogens (tertiary/aromatic N) is 1.